The first kappa shape index (κ1) is 29.0. The first-order valence-electron chi connectivity index (χ1n) is 13.1. The Morgan fingerprint density at radius 1 is 1.05 bits per heavy atom. The molecule has 0 N–H and O–H groups in total. The molecule has 2 aromatic carbocycles. The zero-order valence-electron chi connectivity index (χ0n) is 22.0. The van der Waals surface area contributed by atoms with Crippen LogP contribution in [0.5, 0.6) is 0 Å². The van der Waals surface area contributed by atoms with Crippen LogP contribution in [0.25, 0.3) is 0 Å². The number of ether oxygens (including phenoxy) is 1. The average Bonchev–Trinajstić information content (AvgIpc) is 3.53. The molecule has 5 rings (SSSR count). The number of fused-ring (bicyclic) bond motifs is 1. The Balaban J connectivity index is 1.48. The predicted molar refractivity (Wildman–Crippen MR) is 130 cm³/mol. The summed E-state index contributed by atoms with van der Waals surface area (Å²) in [5.74, 6) is -0.861. The number of carbonyl (C=O) groups excluding carboxylic acids is 1. The Bertz CT molecular complexity index is 1370. The number of alkyl halides is 6. The minimum Gasteiger partial charge on any atom is -0.368 e. The zero-order chi connectivity index (χ0) is 29.7. The molecule has 5 atom stereocenters. The van der Waals surface area contributed by atoms with Gasteiger partial charge < -0.3 is 14.2 Å². The molecule has 3 heterocycles. The van der Waals surface area contributed by atoms with Gasteiger partial charge in [0.15, 0.2) is 5.82 Å². The standard InChI is InChI=1S/C28H26F7N3O3/c1-3-23-36-26(41-37-23)17-10-21-25(15-4-6-20(29)7-5-15)22(13-38(21)24(39)11-17)40-14(2)16-8-18(27(30,31)32)12-19(9-16)28(33,34)35/h4-9,12,14,17,21-22,25H,3,10-11,13H2,1-2H3/t14-,17?,21?,22+,25?/m1/s1. The molecule has 2 fully saturated rings. The lowest BCUT2D eigenvalue weighted by Gasteiger charge is -2.35. The fraction of sp³-hybridized carbons (Fsp3) is 0.464. The van der Waals surface area contributed by atoms with E-state index in [0.29, 0.717) is 42.3 Å². The molecule has 3 unspecified atom stereocenters. The van der Waals surface area contributed by atoms with Crippen LogP contribution in [0.3, 0.4) is 0 Å². The normalized spacial score (nSPS) is 24.0. The van der Waals surface area contributed by atoms with Gasteiger partial charge in [-0.15, -0.1) is 0 Å². The predicted octanol–water partition coefficient (Wildman–Crippen LogP) is 6.83. The van der Waals surface area contributed by atoms with E-state index in [1.807, 2.05) is 6.92 Å². The van der Waals surface area contributed by atoms with Crippen molar-refractivity contribution in [1.82, 2.24) is 15.0 Å². The van der Waals surface area contributed by atoms with Gasteiger partial charge in [0.25, 0.3) is 0 Å². The van der Waals surface area contributed by atoms with Gasteiger partial charge in [0.2, 0.25) is 11.8 Å². The monoisotopic (exact) mass is 585 g/mol. The number of aryl methyl sites for hydroxylation is 1. The maximum atomic E-state index is 13.8. The minimum atomic E-state index is -5.01. The lowest BCUT2D eigenvalue weighted by Crippen LogP contribution is -2.43. The molecule has 1 amide bonds. The van der Waals surface area contributed by atoms with Crippen LogP contribution in [0.2, 0.25) is 0 Å². The SMILES string of the molecule is CCc1noc(C2CC(=O)N3C[C@H](O[C@H](C)c4cc(C(F)(F)F)cc(C(F)(F)F)c4)C(c4ccc(F)cc4)C3C2)n1. The second-order valence-corrected chi connectivity index (χ2v) is 10.4. The number of halogens is 7. The molecule has 2 saturated heterocycles. The third kappa shape index (κ3) is 5.95. The van der Waals surface area contributed by atoms with Crippen LogP contribution in [0.15, 0.2) is 47.0 Å². The summed E-state index contributed by atoms with van der Waals surface area (Å²) in [6, 6.07) is 6.43. The molecule has 3 aromatic rings. The summed E-state index contributed by atoms with van der Waals surface area (Å²) in [7, 11) is 0. The molecule has 6 nitrogen and oxygen atoms in total. The van der Waals surface area contributed by atoms with Gasteiger partial charge in [0.1, 0.15) is 5.82 Å². The number of nitrogens with zero attached hydrogens (tertiary/aromatic N) is 3. The van der Waals surface area contributed by atoms with Crippen molar-refractivity contribution in [2.75, 3.05) is 6.54 Å². The van der Waals surface area contributed by atoms with E-state index in [2.05, 4.69) is 10.1 Å². The zero-order valence-corrected chi connectivity index (χ0v) is 22.0. The fourth-order valence-corrected chi connectivity index (χ4v) is 5.72. The number of piperidine rings is 1. The summed E-state index contributed by atoms with van der Waals surface area (Å²) in [5, 5.41) is 3.91. The first-order valence-corrected chi connectivity index (χ1v) is 13.1. The quantitative estimate of drug-likeness (QED) is 0.297. The van der Waals surface area contributed by atoms with Gasteiger partial charge >= 0.3 is 12.4 Å². The molecule has 0 radical (unpaired) electrons. The van der Waals surface area contributed by atoms with Crippen LogP contribution < -0.4 is 0 Å². The second-order valence-electron chi connectivity index (χ2n) is 10.4. The maximum Gasteiger partial charge on any atom is 0.416 e. The molecular formula is C28H26F7N3O3. The number of carbonyl (C=O) groups is 1. The number of rotatable bonds is 6. The number of benzene rings is 2. The third-order valence-corrected chi connectivity index (χ3v) is 7.72. The van der Waals surface area contributed by atoms with Crippen molar-refractivity contribution in [2.24, 2.45) is 0 Å². The number of aromatic nitrogens is 2. The Hall–Kier alpha value is -3.48. The van der Waals surface area contributed by atoms with Crippen LogP contribution in [-0.4, -0.2) is 39.6 Å². The topological polar surface area (TPSA) is 68.5 Å². The molecule has 1 aromatic heterocycles. The Kier molecular flexibility index (Phi) is 7.60. The Morgan fingerprint density at radius 3 is 2.24 bits per heavy atom. The van der Waals surface area contributed by atoms with Crippen molar-refractivity contribution < 1.29 is 44.8 Å². The average molecular weight is 586 g/mol. The van der Waals surface area contributed by atoms with E-state index in [4.69, 9.17) is 9.26 Å². The van der Waals surface area contributed by atoms with E-state index >= 15 is 0 Å². The van der Waals surface area contributed by atoms with Gasteiger partial charge in [-0.25, -0.2) is 4.39 Å². The van der Waals surface area contributed by atoms with Crippen molar-refractivity contribution >= 4 is 5.91 Å². The summed E-state index contributed by atoms with van der Waals surface area (Å²) in [4.78, 5) is 19.2. The molecule has 220 valence electrons. The van der Waals surface area contributed by atoms with E-state index in [0.717, 1.165) is 0 Å². The van der Waals surface area contributed by atoms with Crippen molar-refractivity contribution in [3.05, 3.63) is 82.3 Å². The second kappa shape index (κ2) is 10.7. The van der Waals surface area contributed by atoms with Gasteiger partial charge in [0.05, 0.1) is 23.3 Å². The van der Waals surface area contributed by atoms with Crippen molar-refractivity contribution in [3.63, 3.8) is 0 Å². The molecule has 0 bridgehead atoms. The van der Waals surface area contributed by atoms with E-state index in [9.17, 15) is 35.5 Å². The van der Waals surface area contributed by atoms with Crippen LogP contribution in [0, 0.1) is 5.82 Å². The van der Waals surface area contributed by atoms with Crippen LogP contribution in [0.4, 0.5) is 30.7 Å². The molecule has 2 aliphatic heterocycles. The van der Waals surface area contributed by atoms with Crippen molar-refractivity contribution in [2.45, 2.75) is 75.5 Å². The smallest absolute Gasteiger partial charge is 0.368 e. The van der Waals surface area contributed by atoms with Crippen LogP contribution in [0.1, 0.15) is 78.6 Å². The molecule has 41 heavy (non-hydrogen) atoms. The highest BCUT2D eigenvalue weighted by atomic mass is 19.4. The lowest BCUT2D eigenvalue weighted by molar-refractivity contribution is -0.143. The number of hydrogen-bond acceptors (Lipinski definition) is 5. The highest BCUT2D eigenvalue weighted by Gasteiger charge is 2.50. The van der Waals surface area contributed by atoms with Crippen molar-refractivity contribution in [3.8, 4) is 0 Å². The molecule has 0 saturated carbocycles. The van der Waals surface area contributed by atoms with Gasteiger partial charge in [-0.1, -0.05) is 24.2 Å². The van der Waals surface area contributed by atoms with Gasteiger partial charge in [0, 0.05) is 37.3 Å². The highest BCUT2D eigenvalue weighted by molar-refractivity contribution is 5.79. The van der Waals surface area contributed by atoms with Gasteiger partial charge in [-0.05, 0) is 54.8 Å². The molecular weight excluding hydrogens is 559 g/mol. The Labute approximate surface area is 230 Å². The Morgan fingerprint density at radius 2 is 1.68 bits per heavy atom. The largest absolute Gasteiger partial charge is 0.416 e. The summed E-state index contributed by atoms with van der Waals surface area (Å²) in [6.07, 6.45) is -11.0. The van der Waals surface area contributed by atoms with Crippen molar-refractivity contribution in [1.29, 1.82) is 0 Å². The van der Waals surface area contributed by atoms with Crippen LogP contribution >= 0.6 is 0 Å². The molecule has 0 spiro atoms. The summed E-state index contributed by atoms with van der Waals surface area (Å²) < 4.78 is 106. The summed E-state index contributed by atoms with van der Waals surface area (Å²) >= 11 is 0. The summed E-state index contributed by atoms with van der Waals surface area (Å²) in [5.41, 5.74) is -2.58. The molecule has 2 aliphatic rings. The summed E-state index contributed by atoms with van der Waals surface area (Å²) in [6.45, 7) is 3.27. The first-order chi connectivity index (χ1) is 19.2. The highest BCUT2D eigenvalue weighted by Crippen LogP contribution is 2.46. The lowest BCUT2D eigenvalue weighted by atomic mass is 9.81. The fourth-order valence-electron chi connectivity index (χ4n) is 5.72. The maximum absolute atomic E-state index is 13.8. The number of amides is 1. The van der Waals surface area contributed by atoms with E-state index in [1.165, 1.54) is 31.2 Å². The molecule has 0 aliphatic carbocycles. The van der Waals surface area contributed by atoms with Gasteiger partial charge in [-0.2, -0.15) is 31.3 Å². The third-order valence-electron chi connectivity index (χ3n) is 7.72. The van der Waals surface area contributed by atoms with Crippen LogP contribution in [-0.2, 0) is 28.3 Å². The minimum absolute atomic E-state index is 0.0533. The van der Waals surface area contributed by atoms with Gasteiger partial charge in [-0.3, -0.25) is 4.79 Å². The van der Waals surface area contributed by atoms with E-state index < -0.39 is 59.4 Å². The number of hydrogen-bond donors (Lipinski definition) is 0. The van der Waals surface area contributed by atoms with E-state index in [-0.39, 0.29) is 30.5 Å². The van der Waals surface area contributed by atoms with E-state index in [1.54, 1.807) is 4.90 Å². The molecule has 13 heteroatoms.